The lowest BCUT2D eigenvalue weighted by molar-refractivity contribution is -0.120. The number of benzene rings is 1. The molecule has 1 aliphatic heterocycles. The predicted octanol–water partition coefficient (Wildman–Crippen LogP) is 2.02. The highest BCUT2D eigenvalue weighted by atomic mass is 32.1. The molecule has 0 spiro atoms. The van der Waals surface area contributed by atoms with Gasteiger partial charge in [0.15, 0.2) is 5.82 Å². The van der Waals surface area contributed by atoms with Crippen LogP contribution in [-0.4, -0.2) is 55.6 Å². The molecule has 0 atom stereocenters. The first-order chi connectivity index (χ1) is 15.5. The van der Waals surface area contributed by atoms with Crippen molar-refractivity contribution in [1.29, 1.82) is 0 Å². The van der Waals surface area contributed by atoms with Gasteiger partial charge in [-0.3, -0.25) is 9.59 Å². The van der Waals surface area contributed by atoms with Crippen molar-refractivity contribution in [3.63, 3.8) is 0 Å². The summed E-state index contributed by atoms with van der Waals surface area (Å²) in [5.74, 6) is 0.813. The highest BCUT2D eigenvalue weighted by Gasteiger charge is 2.21. The molecule has 9 nitrogen and oxygen atoms in total. The number of piperazine rings is 1. The van der Waals surface area contributed by atoms with Gasteiger partial charge in [0.25, 0.3) is 5.91 Å². The molecule has 2 N–H and O–H groups in total. The van der Waals surface area contributed by atoms with Crippen molar-refractivity contribution < 1.29 is 19.1 Å². The van der Waals surface area contributed by atoms with Crippen LogP contribution in [0.3, 0.4) is 0 Å². The molecule has 32 heavy (non-hydrogen) atoms. The maximum atomic E-state index is 12.9. The molecule has 2 amide bonds. The minimum absolute atomic E-state index is 0.0296. The number of ether oxygens (including phenoxy) is 2. The molecule has 0 aliphatic carbocycles. The van der Waals surface area contributed by atoms with Gasteiger partial charge in [-0.1, -0.05) is 12.1 Å². The van der Waals surface area contributed by atoms with Crippen LogP contribution in [0.4, 0.5) is 5.69 Å². The van der Waals surface area contributed by atoms with Crippen molar-refractivity contribution in [3.8, 4) is 5.88 Å². The van der Waals surface area contributed by atoms with E-state index in [-0.39, 0.29) is 18.4 Å². The zero-order valence-corrected chi connectivity index (χ0v) is 19.0. The third-order valence-electron chi connectivity index (χ3n) is 5.27. The lowest BCUT2D eigenvalue weighted by atomic mass is 10.1. The van der Waals surface area contributed by atoms with E-state index in [1.165, 1.54) is 11.3 Å². The zero-order valence-electron chi connectivity index (χ0n) is 18.2. The monoisotopic (exact) mass is 455 g/mol. The summed E-state index contributed by atoms with van der Waals surface area (Å²) in [6.07, 6.45) is 0. The van der Waals surface area contributed by atoms with E-state index in [4.69, 9.17) is 9.47 Å². The normalized spacial score (nSPS) is 13.8. The fraction of sp³-hybridized carbons (Fsp3) is 0.364. The first-order valence-electron chi connectivity index (χ1n) is 10.2. The quantitative estimate of drug-likeness (QED) is 0.561. The van der Waals surface area contributed by atoms with E-state index in [1.807, 2.05) is 36.1 Å². The summed E-state index contributed by atoms with van der Waals surface area (Å²) in [4.78, 5) is 36.7. The molecule has 3 aromatic rings. The lowest BCUT2D eigenvalue weighted by Crippen LogP contribution is -2.47. The van der Waals surface area contributed by atoms with Crippen LogP contribution in [0.2, 0.25) is 0 Å². The Morgan fingerprint density at radius 3 is 2.72 bits per heavy atom. The van der Waals surface area contributed by atoms with Crippen LogP contribution in [0.5, 0.6) is 5.88 Å². The minimum atomic E-state index is -0.169. The Labute approximate surface area is 189 Å². The molecule has 0 unspecified atom stereocenters. The molecule has 1 saturated heterocycles. The van der Waals surface area contributed by atoms with Crippen molar-refractivity contribution >= 4 is 39.1 Å². The van der Waals surface area contributed by atoms with E-state index in [9.17, 15) is 9.59 Å². The summed E-state index contributed by atoms with van der Waals surface area (Å²) in [6, 6.07) is 7.88. The van der Waals surface area contributed by atoms with Gasteiger partial charge in [-0.15, -0.1) is 11.3 Å². The van der Waals surface area contributed by atoms with E-state index in [1.54, 1.807) is 14.2 Å². The number of nitrogens with one attached hydrogen (secondary N) is 2. The van der Waals surface area contributed by atoms with Crippen molar-refractivity contribution in [2.45, 2.75) is 20.1 Å². The average molecular weight is 456 g/mol. The number of amides is 2. The molecule has 3 heterocycles. The third-order valence-corrected chi connectivity index (χ3v) is 6.45. The Morgan fingerprint density at radius 2 is 2.03 bits per heavy atom. The van der Waals surface area contributed by atoms with Gasteiger partial charge in [0.05, 0.1) is 23.9 Å². The highest BCUT2D eigenvalue weighted by molar-refractivity contribution is 7.20. The van der Waals surface area contributed by atoms with Crippen LogP contribution in [0, 0.1) is 6.92 Å². The zero-order chi connectivity index (χ0) is 22.7. The van der Waals surface area contributed by atoms with Gasteiger partial charge in [-0.05, 0) is 30.2 Å². The molecule has 10 heteroatoms. The fourth-order valence-electron chi connectivity index (χ4n) is 3.65. The van der Waals surface area contributed by atoms with E-state index < -0.39 is 0 Å². The number of anilines is 1. The summed E-state index contributed by atoms with van der Waals surface area (Å²) >= 11 is 1.31. The number of rotatable bonds is 7. The van der Waals surface area contributed by atoms with Gasteiger partial charge in [0.1, 0.15) is 11.4 Å². The summed E-state index contributed by atoms with van der Waals surface area (Å²) in [7, 11) is 3.13. The molecule has 0 saturated carbocycles. The van der Waals surface area contributed by atoms with Gasteiger partial charge in [0.2, 0.25) is 11.8 Å². The van der Waals surface area contributed by atoms with E-state index in [2.05, 4.69) is 20.6 Å². The van der Waals surface area contributed by atoms with Crippen LogP contribution in [0.25, 0.3) is 10.2 Å². The Hall–Kier alpha value is -3.24. The Balaban J connectivity index is 1.47. The first kappa shape index (κ1) is 22.0. The molecule has 1 aromatic carbocycles. The van der Waals surface area contributed by atoms with Crippen molar-refractivity contribution in [3.05, 3.63) is 46.1 Å². The Bertz CT molecular complexity index is 1150. The van der Waals surface area contributed by atoms with Gasteiger partial charge in [-0.2, -0.15) is 4.98 Å². The fourth-order valence-corrected chi connectivity index (χ4v) is 4.76. The lowest BCUT2D eigenvalue weighted by Gasteiger charge is -2.28. The van der Waals surface area contributed by atoms with E-state index in [0.717, 1.165) is 28.7 Å². The van der Waals surface area contributed by atoms with Crippen LogP contribution < -0.4 is 20.3 Å². The Kier molecular flexibility index (Phi) is 6.52. The van der Waals surface area contributed by atoms with Crippen molar-refractivity contribution in [2.75, 3.05) is 38.8 Å². The second-order valence-corrected chi connectivity index (χ2v) is 8.44. The summed E-state index contributed by atoms with van der Waals surface area (Å²) in [5, 5.41) is 6.55. The van der Waals surface area contributed by atoms with Gasteiger partial charge in [0, 0.05) is 32.4 Å². The number of nitrogens with zero attached hydrogens (tertiary/aromatic N) is 3. The second kappa shape index (κ2) is 9.49. The van der Waals surface area contributed by atoms with Crippen molar-refractivity contribution in [2.24, 2.45) is 0 Å². The SMILES string of the molecule is COCc1nc(OC)c2c(C)c(C(=O)NCc3ccc(N4CCNC(=O)C4)cc3)sc2n1. The minimum Gasteiger partial charge on any atom is -0.480 e. The standard InChI is InChI=1S/C22H25N5O4S/c1-13-18-21(31-3)25-16(12-30-2)26-22(18)32-19(13)20(29)24-10-14-4-6-15(7-5-14)27-9-8-23-17(28)11-27/h4-7H,8-12H2,1-3H3,(H,23,28)(H,24,29). The maximum absolute atomic E-state index is 12.9. The van der Waals surface area contributed by atoms with Gasteiger partial charge in [-0.25, -0.2) is 4.98 Å². The number of thiophene rings is 1. The van der Waals surface area contributed by atoms with Crippen LogP contribution in [0.15, 0.2) is 24.3 Å². The molecule has 4 rings (SSSR count). The van der Waals surface area contributed by atoms with Crippen LogP contribution >= 0.6 is 11.3 Å². The van der Waals surface area contributed by atoms with Gasteiger partial charge < -0.3 is 25.0 Å². The average Bonchev–Trinajstić information content (AvgIpc) is 3.14. The molecule has 2 aromatic heterocycles. The second-order valence-electron chi connectivity index (χ2n) is 7.44. The van der Waals surface area contributed by atoms with Gasteiger partial charge >= 0.3 is 0 Å². The first-order valence-corrected chi connectivity index (χ1v) is 11.0. The largest absolute Gasteiger partial charge is 0.480 e. The number of carbonyl (C=O) groups excluding carboxylic acids is 2. The molecular weight excluding hydrogens is 430 g/mol. The number of fused-ring (bicyclic) bond motifs is 1. The van der Waals surface area contributed by atoms with Crippen LogP contribution in [-0.2, 0) is 22.7 Å². The van der Waals surface area contributed by atoms with E-state index in [0.29, 0.717) is 41.0 Å². The number of methoxy groups -OCH3 is 2. The predicted molar refractivity (Wildman–Crippen MR) is 122 cm³/mol. The molecule has 1 fully saturated rings. The summed E-state index contributed by atoms with van der Waals surface area (Å²) < 4.78 is 10.5. The number of hydrogen-bond donors (Lipinski definition) is 2. The highest BCUT2D eigenvalue weighted by Crippen LogP contribution is 2.35. The van der Waals surface area contributed by atoms with Crippen molar-refractivity contribution in [1.82, 2.24) is 20.6 Å². The number of aryl methyl sites for hydroxylation is 1. The molecule has 0 radical (unpaired) electrons. The maximum Gasteiger partial charge on any atom is 0.261 e. The van der Waals surface area contributed by atoms with E-state index >= 15 is 0 Å². The Morgan fingerprint density at radius 1 is 1.25 bits per heavy atom. The molecule has 168 valence electrons. The molecule has 1 aliphatic rings. The molecular formula is C22H25N5O4S. The summed E-state index contributed by atoms with van der Waals surface area (Å²) in [5.41, 5.74) is 2.76. The number of carbonyl (C=O) groups is 2. The third kappa shape index (κ3) is 4.51. The number of hydrogen-bond acceptors (Lipinski definition) is 8. The summed E-state index contributed by atoms with van der Waals surface area (Å²) in [6.45, 7) is 4.32. The smallest absolute Gasteiger partial charge is 0.261 e. The number of aromatic nitrogens is 2. The topological polar surface area (TPSA) is 106 Å². The molecule has 0 bridgehead atoms. The van der Waals surface area contributed by atoms with Crippen LogP contribution in [0.1, 0.15) is 26.6 Å².